The van der Waals surface area contributed by atoms with Crippen molar-refractivity contribution < 1.29 is 13.9 Å². The maximum atomic E-state index is 15.1. The Bertz CT molecular complexity index is 890. The van der Waals surface area contributed by atoms with Crippen LogP contribution in [-0.2, 0) is 0 Å². The van der Waals surface area contributed by atoms with E-state index < -0.39 is 5.82 Å². The Balaban J connectivity index is 1.36. The second-order valence-corrected chi connectivity index (χ2v) is 10.5. The highest BCUT2D eigenvalue weighted by Gasteiger charge is 2.43. The maximum absolute atomic E-state index is 15.1. The average molecular weight is 427 g/mol. The molecule has 2 saturated carbocycles. The van der Waals surface area contributed by atoms with E-state index in [9.17, 15) is 4.79 Å². The number of carbonyl (C=O) groups excluding carboxylic acids is 1. The zero-order valence-corrected chi connectivity index (χ0v) is 18.9. The van der Waals surface area contributed by atoms with Gasteiger partial charge in [-0.05, 0) is 81.9 Å². The molecule has 2 unspecified atom stereocenters. The standard InChI is InChI=1S/C26H35FN2O2/c1-3-18-6-9-29(15-18)25(30)22-11-21(19-4-5-19)24(12-23(22)27)31-16-26-7-8-28-20(14-26)10-17(2)13-26/h3,11-12,17,19-20,28H,4-10,13-16H2,1-2H3/b18-3+/t17-,20?,26?/m1/s1. The molecule has 1 amide bonds. The third-order valence-electron chi connectivity index (χ3n) is 7.91. The van der Waals surface area contributed by atoms with Gasteiger partial charge in [0, 0.05) is 30.6 Å². The molecule has 0 spiro atoms. The third-order valence-corrected chi connectivity index (χ3v) is 7.91. The largest absolute Gasteiger partial charge is 0.493 e. The maximum Gasteiger partial charge on any atom is 0.257 e. The second-order valence-electron chi connectivity index (χ2n) is 10.5. The minimum Gasteiger partial charge on any atom is -0.493 e. The molecule has 3 atom stereocenters. The van der Waals surface area contributed by atoms with Gasteiger partial charge in [-0.2, -0.15) is 0 Å². The fourth-order valence-electron chi connectivity index (χ4n) is 6.15. The van der Waals surface area contributed by atoms with E-state index in [0.717, 1.165) is 44.2 Å². The predicted octanol–water partition coefficient (Wildman–Crippen LogP) is 5.04. The van der Waals surface area contributed by atoms with Gasteiger partial charge in [-0.25, -0.2) is 4.39 Å². The van der Waals surface area contributed by atoms with Gasteiger partial charge in [-0.1, -0.05) is 18.6 Å². The summed E-state index contributed by atoms with van der Waals surface area (Å²) in [6.07, 6.45) is 9.83. The molecule has 2 bridgehead atoms. The summed E-state index contributed by atoms with van der Waals surface area (Å²) in [6.45, 7) is 7.31. The highest BCUT2D eigenvalue weighted by atomic mass is 19.1. The number of nitrogens with zero attached hydrogens (tertiary/aromatic N) is 1. The molecule has 2 aliphatic heterocycles. The van der Waals surface area contributed by atoms with Crippen molar-refractivity contribution in [3.63, 3.8) is 0 Å². The molecule has 5 heteroatoms. The molecule has 1 aromatic carbocycles. The lowest BCUT2D eigenvalue weighted by molar-refractivity contribution is 0.0232. The topological polar surface area (TPSA) is 41.6 Å². The van der Waals surface area contributed by atoms with Gasteiger partial charge in [0.05, 0.1) is 12.2 Å². The first-order chi connectivity index (χ1) is 15.0. The first-order valence-electron chi connectivity index (χ1n) is 12.1. The zero-order chi connectivity index (χ0) is 21.6. The summed E-state index contributed by atoms with van der Waals surface area (Å²) >= 11 is 0. The van der Waals surface area contributed by atoms with Crippen molar-refractivity contribution in [3.8, 4) is 5.75 Å². The Morgan fingerprint density at radius 3 is 2.94 bits per heavy atom. The first-order valence-corrected chi connectivity index (χ1v) is 12.1. The highest BCUT2D eigenvalue weighted by Crippen LogP contribution is 2.48. The van der Waals surface area contributed by atoms with Gasteiger partial charge in [-0.3, -0.25) is 4.79 Å². The van der Waals surface area contributed by atoms with E-state index in [1.54, 1.807) is 11.0 Å². The summed E-state index contributed by atoms with van der Waals surface area (Å²) in [4.78, 5) is 14.8. The zero-order valence-electron chi connectivity index (χ0n) is 18.9. The molecule has 4 fully saturated rings. The van der Waals surface area contributed by atoms with Crippen LogP contribution in [-0.4, -0.2) is 43.1 Å². The summed E-state index contributed by atoms with van der Waals surface area (Å²) in [5, 5.41) is 3.64. The Kier molecular flexibility index (Phi) is 5.58. The normalized spacial score (nSPS) is 31.8. The molecule has 0 aromatic heterocycles. The Hall–Kier alpha value is -1.88. The molecule has 168 valence electrons. The summed E-state index contributed by atoms with van der Waals surface area (Å²) in [5.74, 6) is 1.11. The van der Waals surface area contributed by atoms with Crippen LogP contribution in [0.25, 0.3) is 0 Å². The number of hydrogen-bond donors (Lipinski definition) is 1. The molecule has 0 radical (unpaired) electrons. The highest BCUT2D eigenvalue weighted by molar-refractivity contribution is 5.95. The molecule has 5 rings (SSSR count). The lowest BCUT2D eigenvalue weighted by Gasteiger charge is -2.47. The molecular formula is C26H35FN2O2. The second kappa shape index (κ2) is 8.23. The van der Waals surface area contributed by atoms with Gasteiger partial charge in [0.25, 0.3) is 5.91 Å². The number of hydrogen-bond acceptors (Lipinski definition) is 3. The molecule has 4 nitrogen and oxygen atoms in total. The van der Waals surface area contributed by atoms with Gasteiger partial charge in [-0.15, -0.1) is 0 Å². The van der Waals surface area contributed by atoms with E-state index in [0.29, 0.717) is 43.3 Å². The molecule has 2 aliphatic carbocycles. The van der Waals surface area contributed by atoms with Crippen LogP contribution < -0.4 is 10.1 Å². The van der Waals surface area contributed by atoms with Crippen molar-refractivity contribution in [1.29, 1.82) is 0 Å². The molecule has 2 saturated heterocycles. The van der Waals surface area contributed by atoms with Gasteiger partial charge in [0.1, 0.15) is 11.6 Å². The van der Waals surface area contributed by atoms with E-state index in [1.807, 2.05) is 6.92 Å². The third kappa shape index (κ3) is 4.26. The van der Waals surface area contributed by atoms with E-state index in [1.165, 1.54) is 24.5 Å². The van der Waals surface area contributed by atoms with Crippen molar-refractivity contribution >= 4 is 5.91 Å². The van der Waals surface area contributed by atoms with Gasteiger partial charge >= 0.3 is 0 Å². The average Bonchev–Trinajstić information content (AvgIpc) is 3.47. The van der Waals surface area contributed by atoms with E-state index in [-0.39, 0.29) is 16.9 Å². The van der Waals surface area contributed by atoms with Crippen molar-refractivity contribution in [1.82, 2.24) is 10.2 Å². The van der Waals surface area contributed by atoms with Crippen LogP contribution in [0.2, 0.25) is 0 Å². The number of rotatable bonds is 5. The predicted molar refractivity (Wildman–Crippen MR) is 120 cm³/mol. The van der Waals surface area contributed by atoms with E-state index in [4.69, 9.17) is 4.74 Å². The monoisotopic (exact) mass is 426 g/mol. The molecule has 31 heavy (non-hydrogen) atoms. The Morgan fingerprint density at radius 1 is 1.35 bits per heavy atom. The number of nitrogens with one attached hydrogen (secondary N) is 1. The minimum absolute atomic E-state index is 0.191. The van der Waals surface area contributed by atoms with Gasteiger partial charge in [0.15, 0.2) is 0 Å². The summed E-state index contributed by atoms with van der Waals surface area (Å²) in [6, 6.07) is 3.88. The van der Waals surface area contributed by atoms with Crippen LogP contribution >= 0.6 is 0 Å². The molecule has 1 N–H and O–H groups in total. The fourth-order valence-corrected chi connectivity index (χ4v) is 6.15. The van der Waals surface area contributed by atoms with Crippen LogP contribution in [0.15, 0.2) is 23.8 Å². The lowest BCUT2D eigenvalue weighted by Crippen LogP contribution is -2.51. The van der Waals surface area contributed by atoms with Crippen molar-refractivity contribution in [3.05, 3.63) is 40.7 Å². The Labute approximate surface area is 185 Å². The SMILES string of the molecule is C/C=C1\CCN(C(=O)c2cc(C3CC3)c(OCC34CCNC(C[C@@H](C)C3)C4)cc2F)C1. The van der Waals surface area contributed by atoms with Crippen molar-refractivity contribution in [2.75, 3.05) is 26.2 Å². The number of fused-ring (bicyclic) bond motifs is 2. The van der Waals surface area contributed by atoms with Gasteiger partial charge in [0.2, 0.25) is 0 Å². The number of amides is 1. The fraction of sp³-hybridized carbons (Fsp3) is 0.654. The number of piperidine rings is 1. The smallest absolute Gasteiger partial charge is 0.257 e. The Morgan fingerprint density at radius 2 is 2.19 bits per heavy atom. The quantitative estimate of drug-likeness (QED) is 0.671. The molecule has 1 aromatic rings. The number of carbonyl (C=O) groups is 1. The summed E-state index contributed by atoms with van der Waals surface area (Å²) < 4.78 is 21.5. The van der Waals surface area contributed by atoms with Crippen molar-refractivity contribution in [2.45, 2.75) is 70.8 Å². The van der Waals surface area contributed by atoms with E-state index >= 15 is 4.39 Å². The number of benzene rings is 1. The van der Waals surface area contributed by atoms with Crippen LogP contribution in [0.4, 0.5) is 4.39 Å². The van der Waals surface area contributed by atoms with Crippen LogP contribution in [0, 0.1) is 17.2 Å². The van der Waals surface area contributed by atoms with Crippen LogP contribution in [0.3, 0.4) is 0 Å². The van der Waals surface area contributed by atoms with Gasteiger partial charge < -0.3 is 15.0 Å². The number of ether oxygens (including phenoxy) is 1. The minimum atomic E-state index is -0.448. The summed E-state index contributed by atoms with van der Waals surface area (Å²) in [5.41, 5.74) is 2.67. The molecular weight excluding hydrogens is 391 g/mol. The summed E-state index contributed by atoms with van der Waals surface area (Å²) in [7, 11) is 0. The number of halogens is 1. The number of likely N-dealkylation sites (tertiary alicyclic amines) is 1. The van der Waals surface area contributed by atoms with Crippen LogP contribution in [0.5, 0.6) is 5.75 Å². The van der Waals surface area contributed by atoms with Crippen LogP contribution in [0.1, 0.15) is 80.6 Å². The molecule has 2 heterocycles. The first kappa shape index (κ1) is 21.0. The molecule has 4 aliphatic rings. The van der Waals surface area contributed by atoms with Crippen molar-refractivity contribution in [2.24, 2.45) is 11.3 Å². The van der Waals surface area contributed by atoms with E-state index in [2.05, 4.69) is 18.3 Å². The number of allylic oxidation sites excluding steroid dienone is 1. The lowest BCUT2D eigenvalue weighted by atomic mass is 9.65.